The average molecular weight is 355 g/mol. The maximum atomic E-state index is 9.10. The number of nitrogens with one attached hydrogen (secondary N) is 1. The lowest BCUT2D eigenvalue weighted by Crippen LogP contribution is -2.09. The molecule has 1 aromatic carbocycles. The van der Waals surface area contributed by atoms with Gasteiger partial charge in [0.05, 0.1) is 5.69 Å². The Labute approximate surface area is 150 Å². The van der Waals surface area contributed by atoms with E-state index in [2.05, 4.69) is 40.3 Å². The third-order valence-electron chi connectivity index (χ3n) is 3.83. The standard InChI is InChI=1S/C17H19N3.C2H2O4/c18-10-4-3-8-15-14-7-1-2-9-16(14)20-17(15)13-6-5-11-19-12-13;3-1(4)2(5)6/h1-2,5-7,9,11-12,20H,3-4,8,10,18H2;(H,3,4)(H,5,6). The molecule has 0 amide bonds. The number of nitrogens with zero attached hydrogens (tertiary/aromatic N) is 1. The van der Waals surface area contributed by atoms with E-state index in [1.54, 1.807) is 6.20 Å². The summed E-state index contributed by atoms with van der Waals surface area (Å²) < 4.78 is 0. The average Bonchev–Trinajstić information content (AvgIpc) is 3.02. The van der Waals surface area contributed by atoms with Crippen molar-refractivity contribution in [1.82, 2.24) is 9.97 Å². The second-order valence-corrected chi connectivity index (χ2v) is 5.62. The smallest absolute Gasteiger partial charge is 0.414 e. The topological polar surface area (TPSA) is 129 Å². The molecule has 0 bridgehead atoms. The number of hydrogen-bond donors (Lipinski definition) is 4. The Morgan fingerprint density at radius 3 is 2.38 bits per heavy atom. The number of para-hydroxylation sites is 1. The first-order valence-corrected chi connectivity index (χ1v) is 8.21. The summed E-state index contributed by atoms with van der Waals surface area (Å²) >= 11 is 0. The van der Waals surface area contributed by atoms with Gasteiger partial charge in [0.15, 0.2) is 0 Å². The van der Waals surface area contributed by atoms with Crippen molar-refractivity contribution in [2.75, 3.05) is 6.54 Å². The number of H-pyrrole nitrogens is 1. The number of unbranched alkanes of at least 4 members (excludes halogenated alkanes) is 1. The number of rotatable bonds is 5. The molecule has 3 rings (SSSR count). The lowest BCUT2D eigenvalue weighted by atomic mass is 10.0. The van der Waals surface area contributed by atoms with Crippen LogP contribution in [0, 0.1) is 0 Å². The van der Waals surface area contributed by atoms with E-state index in [0.717, 1.165) is 31.4 Å². The highest BCUT2D eigenvalue weighted by molar-refractivity contribution is 6.27. The van der Waals surface area contributed by atoms with Gasteiger partial charge in [0.25, 0.3) is 0 Å². The third-order valence-corrected chi connectivity index (χ3v) is 3.83. The summed E-state index contributed by atoms with van der Waals surface area (Å²) in [6.45, 7) is 0.755. The summed E-state index contributed by atoms with van der Waals surface area (Å²) in [5, 5.41) is 16.1. The molecule has 0 spiro atoms. The van der Waals surface area contributed by atoms with E-state index in [-0.39, 0.29) is 0 Å². The largest absolute Gasteiger partial charge is 0.473 e. The fourth-order valence-electron chi connectivity index (χ4n) is 2.66. The summed E-state index contributed by atoms with van der Waals surface area (Å²) in [5.41, 5.74) is 10.5. The minimum Gasteiger partial charge on any atom is -0.473 e. The van der Waals surface area contributed by atoms with Gasteiger partial charge in [-0.2, -0.15) is 0 Å². The Kier molecular flexibility index (Phi) is 6.87. The van der Waals surface area contributed by atoms with Crippen LogP contribution in [0.1, 0.15) is 18.4 Å². The summed E-state index contributed by atoms with van der Waals surface area (Å²) in [7, 11) is 0. The molecule has 0 radical (unpaired) electrons. The van der Waals surface area contributed by atoms with Crippen LogP contribution in [0.4, 0.5) is 0 Å². The monoisotopic (exact) mass is 355 g/mol. The molecule has 7 nitrogen and oxygen atoms in total. The number of carboxylic acids is 2. The fraction of sp³-hybridized carbons (Fsp3) is 0.211. The number of fused-ring (bicyclic) bond motifs is 1. The molecule has 0 aliphatic heterocycles. The molecule has 0 saturated heterocycles. The first-order valence-electron chi connectivity index (χ1n) is 8.21. The zero-order valence-corrected chi connectivity index (χ0v) is 14.2. The molecule has 0 unspecified atom stereocenters. The maximum Gasteiger partial charge on any atom is 0.414 e. The number of aryl methyl sites for hydroxylation is 1. The summed E-state index contributed by atoms with van der Waals surface area (Å²) in [6, 6.07) is 12.5. The molecule has 0 aliphatic carbocycles. The Bertz CT molecular complexity index is 863. The van der Waals surface area contributed by atoms with Gasteiger partial charge in [0.2, 0.25) is 0 Å². The first kappa shape index (κ1) is 19.1. The van der Waals surface area contributed by atoms with E-state index in [1.807, 2.05) is 12.3 Å². The molecule has 0 fully saturated rings. The Morgan fingerprint density at radius 2 is 1.77 bits per heavy atom. The molecule has 0 aliphatic rings. The number of aromatic nitrogens is 2. The van der Waals surface area contributed by atoms with E-state index in [1.165, 1.54) is 22.2 Å². The summed E-state index contributed by atoms with van der Waals surface area (Å²) in [6.07, 6.45) is 6.94. The molecule has 7 heteroatoms. The number of carboxylic acid groups (broad SMARTS) is 2. The summed E-state index contributed by atoms with van der Waals surface area (Å²) in [5.74, 6) is -3.65. The predicted octanol–water partition coefficient (Wildman–Crippen LogP) is 2.67. The molecule has 26 heavy (non-hydrogen) atoms. The second-order valence-electron chi connectivity index (χ2n) is 5.62. The Morgan fingerprint density at radius 1 is 1.04 bits per heavy atom. The van der Waals surface area contributed by atoms with E-state index in [4.69, 9.17) is 25.5 Å². The molecule has 0 atom stereocenters. The van der Waals surface area contributed by atoms with E-state index in [0.29, 0.717) is 0 Å². The highest BCUT2D eigenvalue weighted by Crippen LogP contribution is 2.31. The molecular weight excluding hydrogens is 334 g/mol. The fourth-order valence-corrected chi connectivity index (χ4v) is 2.66. The molecule has 2 aromatic heterocycles. The Balaban J connectivity index is 0.000000352. The first-order chi connectivity index (χ1) is 12.5. The number of pyridine rings is 1. The van der Waals surface area contributed by atoms with Gasteiger partial charge in [-0.1, -0.05) is 18.2 Å². The second kappa shape index (κ2) is 9.33. The molecule has 3 aromatic rings. The molecule has 0 saturated carbocycles. The number of aliphatic carboxylic acids is 2. The van der Waals surface area contributed by atoms with Crippen molar-refractivity contribution in [3.63, 3.8) is 0 Å². The molecular formula is C19H21N3O4. The zero-order valence-electron chi connectivity index (χ0n) is 14.2. The van der Waals surface area contributed by atoms with Crippen LogP contribution >= 0.6 is 0 Å². The van der Waals surface area contributed by atoms with Gasteiger partial charge < -0.3 is 20.9 Å². The number of nitrogens with two attached hydrogens (primary N) is 1. The van der Waals surface area contributed by atoms with Gasteiger partial charge in [-0.15, -0.1) is 0 Å². The van der Waals surface area contributed by atoms with Crippen LogP contribution in [0.25, 0.3) is 22.2 Å². The number of carbonyl (C=O) groups is 2. The maximum absolute atomic E-state index is 9.10. The van der Waals surface area contributed by atoms with Crippen LogP contribution in [0.15, 0.2) is 48.8 Å². The van der Waals surface area contributed by atoms with Gasteiger partial charge in [0.1, 0.15) is 0 Å². The van der Waals surface area contributed by atoms with Crippen molar-refractivity contribution in [2.24, 2.45) is 5.73 Å². The molecule has 2 heterocycles. The zero-order chi connectivity index (χ0) is 18.9. The van der Waals surface area contributed by atoms with Crippen LogP contribution in [-0.2, 0) is 16.0 Å². The van der Waals surface area contributed by atoms with Crippen molar-refractivity contribution in [3.8, 4) is 11.3 Å². The van der Waals surface area contributed by atoms with Gasteiger partial charge in [0, 0.05) is 28.9 Å². The van der Waals surface area contributed by atoms with Gasteiger partial charge in [-0.25, -0.2) is 9.59 Å². The quantitative estimate of drug-likeness (QED) is 0.411. The number of aromatic amines is 1. The van der Waals surface area contributed by atoms with Crippen LogP contribution in [0.3, 0.4) is 0 Å². The molecule has 5 N–H and O–H groups in total. The van der Waals surface area contributed by atoms with Crippen molar-refractivity contribution in [2.45, 2.75) is 19.3 Å². The number of benzene rings is 1. The summed E-state index contributed by atoms with van der Waals surface area (Å²) in [4.78, 5) is 26.0. The van der Waals surface area contributed by atoms with Crippen molar-refractivity contribution in [3.05, 3.63) is 54.4 Å². The SMILES string of the molecule is NCCCCc1c(-c2cccnc2)[nH]c2ccccc12.O=C(O)C(=O)O. The molecule has 136 valence electrons. The van der Waals surface area contributed by atoms with E-state index in [9.17, 15) is 0 Å². The highest BCUT2D eigenvalue weighted by Gasteiger charge is 2.12. The van der Waals surface area contributed by atoms with Crippen LogP contribution in [0.5, 0.6) is 0 Å². The van der Waals surface area contributed by atoms with Gasteiger partial charge >= 0.3 is 11.9 Å². The lowest BCUT2D eigenvalue weighted by molar-refractivity contribution is -0.159. The van der Waals surface area contributed by atoms with Gasteiger partial charge in [-0.3, -0.25) is 4.98 Å². The van der Waals surface area contributed by atoms with Crippen molar-refractivity contribution < 1.29 is 19.8 Å². The van der Waals surface area contributed by atoms with Crippen LogP contribution in [-0.4, -0.2) is 38.7 Å². The third kappa shape index (κ3) is 4.90. The minimum absolute atomic E-state index is 0.755. The lowest BCUT2D eigenvalue weighted by Gasteiger charge is -2.04. The van der Waals surface area contributed by atoms with Crippen molar-refractivity contribution >= 4 is 22.8 Å². The van der Waals surface area contributed by atoms with E-state index >= 15 is 0 Å². The Hall–Kier alpha value is -3.19. The van der Waals surface area contributed by atoms with Gasteiger partial charge in [-0.05, 0) is 49.6 Å². The van der Waals surface area contributed by atoms with E-state index < -0.39 is 11.9 Å². The minimum atomic E-state index is -1.82. The van der Waals surface area contributed by atoms with Crippen LogP contribution in [0.2, 0.25) is 0 Å². The highest BCUT2D eigenvalue weighted by atomic mass is 16.4. The van der Waals surface area contributed by atoms with Crippen molar-refractivity contribution in [1.29, 1.82) is 0 Å². The van der Waals surface area contributed by atoms with Crippen LogP contribution < -0.4 is 5.73 Å². The normalized spacial score (nSPS) is 10.2. The number of hydrogen-bond acceptors (Lipinski definition) is 4. The predicted molar refractivity (Wildman–Crippen MR) is 98.8 cm³/mol.